The van der Waals surface area contributed by atoms with Crippen LogP contribution in [0.5, 0.6) is 11.5 Å². The summed E-state index contributed by atoms with van der Waals surface area (Å²) in [7, 11) is 0. The second-order valence-corrected chi connectivity index (χ2v) is 14.4. The predicted molar refractivity (Wildman–Crippen MR) is 183 cm³/mol. The van der Waals surface area contributed by atoms with E-state index in [1.165, 1.54) is 86.9 Å². The van der Waals surface area contributed by atoms with Crippen molar-refractivity contribution < 1.29 is 4.74 Å². The topological polar surface area (TPSA) is 67.0 Å². The molecule has 0 spiro atoms. The molecule has 6 rings (SSSR count). The lowest BCUT2D eigenvalue weighted by Gasteiger charge is -2.42. The van der Waals surface area contributed by atoms with Crippen LogP contribution in [0.4, 0.5) is 5.69 Å². The highest BCUT2D eigenvalue weighted by Gasteiger charge is 2.33. The van der Waals surface area contributed by atoms with Crippen molar-refractivity contribution in [1.82, 2.24) is 14.8 Å². The van der Waals surface area contributed by atoms with Crippen molar-refractivity contribution in [3.8, 4) is 11.5 Å². The minimum Gasteiger partial charge on any atom is -0.457 e. The van der Waals surface area contributed by atoms with Crippen molar-refractivity contribution in [2.24, 2.45) is 16.6 Å². The normalized spacial score (nSPS) is 18.8. The second-order valence-electron chi connectivity index (χ2n) is 13.5. The SMILES string of the molecule is CC(C)c1nc(CN(CCCC(C2CCCCC2)N2Cc3cc(Oc4ccccc4)ccc3N=C2N)C2CCCCC2)cs1. The predicted octanol–water partition coefficient (Wildman–Crippen LogP) is 9.38. The number of guanidine groups is 1. The molecule has 2 N–H and O–H groups in total. The van der Waals surface area contributed by atoms with Crippen LogP contribution in [0.15, 0.2) is 58.9 Å². The molecule has 7 heteroatoms. The van der Waals surface area contributed by atoms with Gasteiger partial charge in [0, 0.05) is 42.0 Å². The Labute approximate surface area is 268 Å². The zero-order chi connectivity index (χ0) is 30.3. The summed E-state index contributed by atoms with van der Waals surface area (Å²) in [5, 5.41) is 3.56. The van der Waals surface area contributed by atoms with Crippen molar-refractivity contribution in [2.45, 2.75) is 122 Å². The molecule has 2 aliphatic carbocycles. The number of nitrogens with zero attached hydrogens (tertiary/aromatic N) is 4. The highest BCUT2D eigenvalue weighted by Crippen LogP contribution is 2.37. The van der Waals surface area contributed by atoms with Crippen LogP contribution in [0.1, 0.15) is 113 Å². The lowest BCUT2D eigenvalue weighted by Crippen LogP contribution is -2.49. The van der Waals surface area contributed by atoms with Gasteiger partial charge in [-0.05, 0) is 81.3 Å². The van der Waals surface area contributed by atoms with Crippen molar-refractivity contribution in [1.29, 1.82) is 0 Å². The van der Waals surface area contributed by atoms with Crippen LogP contribution in [0.3, 0.4) is 0 Å². The third kappa shape index (κ3) is 7.84. The molecule has 0 bridgehead atoms. The van der Waals surface area contributed by atoms with Gasteiger partial charge in [-0.1, -0.05) is 70.6 Å². The van der Waals surface area contributed by atoms with E-state index in [0.717, 1.165) is 43.2 Å². The van der Waals surface area contributed by atoms with Gasteiger partial charge >= 0.3 is 0 Å². The Hall–Kier alpha value is -2.90. The summed E-state index contributed by atoms with van der Waals surface area (Å²) in [5.41, 5.74) is 10.2. The first-order valence-electron chi connectivity index (χ1n) is 17.2. The van der Waals surface area contributed by atoms with Crippen LogP contribution < -0.4 is 10.5 Å². The molecule has 2 fully saturated rings. The summed E-state index contributed by atoms with van der Waals surface area (Å²) in [6.07, 6.45) is 15.7. The molecule has 0 saturated heterocycles. The first kappa shape index (κ1) is 31.1. The van der Waals surface area contributed by atoms with Crippen LogP contribution in [-0.4, -0.2) is 39.4 Å². The fraction of sp³-hybridized carbons (Fsp3) is 0.568. The Bertz CT molecular complexity index is 1360. The number of benzene rings is 2. The fourth-order valence-electron chi connectivity index (χ4n) is 7.60. The molecule has 6 nitrogen and oxygen atoms in total. The van der Waals surface area contributed by atoms with E-state index in [4.69, 9.17) is 20.4 Å². The Morgan fingerprint density at radius 2 is 1.70 bits per heavy atom. The quantitative estimate of drug-likeness (QED) is 0.220. The number of aliphatic imine (C=N–C) groups is 1. The molecular weight excluding hydrogens is 563 g/mol. The Morgan fingerprint density at radius 1 is 0.955 bits per heavy atom. The van der Waals surface area contributed by atoms with Crippen LogP contribution in [0.2, 0.25) is 0 Å². The van der Waals surface area contributed by atoms with E-state index in [1.54, 1.807) is 0 Å². The first-order valence-corrected chi connectivity index (χ1v) is 18.1. The van der Waals surface area contributed by atoms with Crippen molar-refractivity contribution in [3.05, 3.63) is 70.2 Å². The molecule has 0 radical (unpaired) electrons. The summed E-state index contributed by atoms with van der Waals surface area (Å²) in [6, 6.07) is 17.3. The molecule has 1 unspecified atom stereocenters. The maximum atomic E-state index is 6.77. The van der Waals surface area contributed by atoms with Crippen LogP contribution in [-0.2, 0) is 13.1 Å². The van der Waals surface area contributed by atoms with Gasteiger partial charge in [-0.2, -0.15) is 0 Å². The van der Waals surface area contributed by atoms with Crippen LogP contribution in [0, 0.1) is 5.92 Å². The first-order chi connectivity index (χ1) is 21.5. The zero-order valence-electron chi connectivity index (χ0n) is 26.8. The van der Waals surface area contributed by atoms with E-state index in [-0.39, 0.29) is 0 Å². The monoisotopic (exact) mass is 613 g/mol. The molecular formula is C37H51N5OS. The molecule has 44 heavy (non-hydrogen) atoms. The number of hydrogen-bond acceptors (Lipinski definition) is 7. The summed E-state index contributed by atoms with van der Waals surface area (Å²) >= 11 is 1.83. The Morgan fingerprint density at radius 3 is 2.43 bits per heavy atom. The molecule has 236 valence electrons. The summed E-state index contributed by atoms with van der Waals surface area (Å²) in [6.45, 7) is 7.39. The number of aromatic nitrogens is 1. The molecule has 2 heterocycles. The van der Waals surface area contributed by atoms with Crippen LogP contribution in [0.25, 0.3) is 0 Å². The van der Waals surface area contributed by atoms with Gasteiger partial charge < -0.3 is 15.4 Å². The van der Waals surface area contributed by atoms with E-state index in [0.29, 0.717) is 29.9 Å². The molecule has 2 aromatic carbocycles. The molecule has 1 aromatic heterocycles. The fourth-order valence-corrected chi connectivity index (χ4v) is 8.43. The van der Waals surface area contributed by atoms with Gasteiger partial charge in [-0.3, -0.25) is 4.90 Å². The summed E-state index contributed by atoms with van der Waals surface area (Å²) in [5.74, 6) is 3.54. The highest BCUT2D eigenvalue weighted by atomic mass is 32.1. The van der Waals surface area contributed by atoms with Crippen molar-refractivity contribution in [3.63, 3.8) is 0 Å². The third-order valence-corrected chi connectivity index (χ3v) is 11.2. The number of fused-ring (bicyclic) bond motifs is 1. The zero-order valence-corrected chi connectivity index (χ0v) is 27.6. The average Bonchev–Trinajstić information content (AvgIpc) is 3.53. The van der Waals surface area contributed by atoms with Gasteiger partial charge in [0.25, 0.3) is 0 Å². The molecule has 3 aromatic rings. The number of para-hydroxylation sites is 1. The molecule has 2 saturated carbocycles. The number of nitrogens with two attached hydrogens (primary N) is 1. The highest BCUT2D eigenvalue weighted by molar-refractivity contribution is 7.09. The number of ether oxygens (including phenoxy) is 1. The van der Waals surface area contributed by atoms with Crippen molar-refractivity contribution in [2.75, 3.05) is 6.54 Å². The molecule has 1 atom stereocenters. The number of rotatable bonds is 12. The number of thiazole rings is 1. The largest absolute Gasteiger partial charge is 0.457 e. The van der Waals surface area contributed by atoms with Crippen LogP contribution >= 0.6 is 11.3 Å². The average molecular weight is 614 g/mol. The van der Waals surface area contributed by atoms with E-state index >= 15 is 0 Å². The Kier molecular flexibility index (Phi) is 10.5. The van der Waals surface area contributed by atoms with Gasteiger partial charge in [0.2, 0.25) is 0 Å². The third-order valence-electron chi connectivity index (χ3n) is 9.96. The van der Waals surface area contributed by atoms with Crippen molar-refractivity contribution >= 4 is 23.0 Å². The van der Waals surface area contributed by atoms with Gasteiger partial charge in [-0.25, -0.2) is 9.98 Å². The van der Waals surface area contributed by atoms with E-state index in [2.05, 4.69) is 41.2 Å². The van der Waals surface area contributed by atoms with Gasteiger partial charge in [-0.15, -0.1) is 11.3 Å². The smallest absolute Gasteiger partial charge is 0.197 e. The molecule has 1 aliphatic heterocycles. The van der Waals surface area contributed by atoms with E-state index in [1.807, 2.05) is 47.7 Å². The summed E-state index contributed by atoms with van der Waals surface area (Å²) in [4.78, 5) is 15.2. The second kappa shape index (κ2) is 14.9. The summed E-state index contributed by atoms with van der Waals surface area (Å²) < 4.78 is 6.19. The standard InChI is InChI=1S/C37H51N5OS/c1-27(2)36-39-30(26-44-36)25-41(31-15-8-4-9-16-31)22-12-19-35(28-13-6-3-7-14-28)42-24-29-23-33(20-21-34(29)40-37(42)38)43-32-17-10-5-11-18-32/h5,10-11,17-18,20-21,23,26-28,31,35H,3-4,6-9,12-16,19,22,24-25H2,1-2H3,(H2,38,40). The molecule has 0 amide bonds. The maximum Gasteiger partial charge on any atom is 0.197 e. The van der Waals surface area contributed by atoms with E-state index in [9.17, 15) is 0 Å². The van der Waals surface area contributed by atoms with Gasteiger partial charge in [0.1, 0.15) is 11.5 Å². The lowest BCUT2D eigenvalue weighted by atomic mass is 9.81. The van der Waals surface area contributed by atoms with Gasteiger partial charge in [0.15, 0.2) is 5.96 Å². The van der Waals surface area contributed by atoms with Gasteiger partial charge in [0.05, 0.1) is 16.4 Å². The Balaban J connectivity index is 1.17. The van der Waals surface area contributed by atoms with E-state index < -0.39 is 0 Å². The number of hydrogen-bond donors (Lipinski definition) is 1. The lowest BCUT2D eigenvalue weighted by molar-refractivity contribution is 0.125. The molecule has 3 aliphatic rings. The minimum atomic E-state index is 0.408. The minimum absolute atomic E-state index is 0.408. The maximum absolute atomic E-state index is 6.77.